The molecule has 1 aromatic heterocycles. The summed E-state index contributed by atoms with van der Waals surface area (Å²) >= 11 is 2.88. The molecule has 0 radical (unpaired) electrons. The number of H-pyrrole nitrogens is 1. The summed E-state index contributed by atoms with van der Waals surface area (Å²) in [6.07, 6.45) is -3.24. The van der Waals surface area contributed by atoms with Crippen LogP contribution in [-0.2, 0) is 6.18 Å². The van der Waals surface area contributed by atoms with E-state index in [-0.39, 0.29) is 21.9 Å². The number of aromatic nitrogens is 3. The number of halogens is 4. The van der Waals surface area contributed by atoms with Crippen LogP contribution in [0.15, 0.2) is 22.7 Å². The van der Waals surface area contributed by atoms with Crippen molar-refractivity contribution in [1.29, 1.82) is 0 Å². The summed E-state index contributed by atoms with van der Waals surface area (Å²) in [7, 11) is 0. The fraction of sp³-hybridized carbons (Fsp3) is 0.400. The van der Waals surface area contributed by atoms with Gasteiger partial charge in [0.05, 0.1) is 5.56 Å². The number of nitrogens with zero attached hydrogens (tertiary/aromatic N) is 3. The Labute approximate surface area is 149 Å². The molecule has 134 valence electrons. The fourth-order valence-electron chi connectivity index (χ4n) is 2.88. The van der Waals surface area contributed by atoms with Crippen LogP contribution >= 0.6 is 15.9 Å². The Bertz CT molecular complexity index is 784. The van der Waals surface area contributed by atoms with Gasteiger partial charge < -0.3 is 10.6 Å². The molecule has 0 unspecified atom stereocenters. The van der Waals surface area contributed by atoms with Gasteiger partial charge in [-0.1, -0.05) is 15.9 Å². The lowest BCUT2D eigenvalue weighted by atomic mass is 9.95. The van der Waals surface area contributed by atoms with E-state index < -0.39 is 17.6 Å². The average Bonchev–Trinajstić information content (AvgIpc) is 3.00. The number of rotatable bonds is 2. The smallest absolute Gasteiger partial charge is 0.367 e. The highest BCUT2D eigenvalue weighted by atomic mass is 79.9. The molecule has 1 aromatic carbocycles. The summed E-state index contributed by atoms with van der Waals surface area (Å²) in [6, 6.07) is 3.53. The van der Waals surface area contributed by atoms with Crippen molar-refractivity contribution in [1.82, 2.24) is 20.1 Å². The Kier molecular flexibility index (Phi) is 4.72. The predicted molar refractivity (Wildman–Crippen MR) is 87.8 cm³/mol. The number of hydrogen-bond donors (Lipinski definition) is 2. The second kappa shape index (κ2) is 6.66. The molecule has 1 saturated heterocycles. The normalized spacial score (nSPS) is 16.2. The van der Waals surface area contributed by atoms with E-state index in [1.54, 1.807) is 4.90 Å². The lowest BCUT2D eigenvalue weighted by Gasteiger charge is -2.31. The first-order valence-electron chi connectivity index (χ1n) is 7.59. The maximum absolute atomic E-state index is 13.0. The molecule has 0 aliphatic carbocycles. The van der Waals surface area contributed by atoms with Gasteiger partial charge in [0.25, 0.3) is 5.91 Å². The van der Waals surface area contributed by atoms with Crippen molar-refractivity contribution in [3.05, 3.63) is 39.6 Å². The Hall–Kier alpha value is -2.10. The zero-order valence-electron chi connectivity index (χ0n) is 13.0. The molecule has 0 atom stereocenters. The fourth-order valence-corrected chi connectivity index (χ4v) is 3.36. The van der Waals surface area contributed by atoms with Crippen molar-refractivity contribution in [2.24, 2.45) is 0 Å². The van der Waals surface area contributed by atoms with E-state index in [1.807, 2.05) is 0 Å². The number of amides is 1. The molecule has 1 aliphatic heterocycles. The first-order valence-corrected chi connectivity index (χ1v) is 8.39. The number of nitrogen functional groups attached to an aromatic ring is 1. The molecule has 10 heteroatoms. The number of nitrogens with one attached hydrogen (secondary N) is 1. The van der Waals surface area contributed by atoms with Crippen LogP contribution in [0.3, 0.4) is 0 Å². The molecule has 25 heavy (non-hydrogen) atoms. The van der Waals surface area contributed by atoms with Crippen molar-refractivity contribution < 1.29 is 18.0 Å². The minimum Gasteiger partial charge on any atom is -0.367 e. The minimum absolute atomic E-state index is 0.0258. The number of alkyl halides is 3. The number of aromatic amines is 1. The minimum atomic E-state index is -4.52. The monoisotopic (exact) mass is 417 g/mol. The molecule has 2 aromatic rings. The maximum atomic E-state index is 13.0. The highest BCUT2D eigenvalue weighted by Gasteiger charge is 2.34. The van der Waals surface area contributed by atoms with Gasteiger partial charge in [-0.3, -0.25) is 9.89 Å². The molecule has 1 aliphatic rings. The van der Waals surface area contributed by atoms with Gasteiger partial charge in [-0.15, -0.1) is 5.10 Å². The van der Waals surface area contributed by atoms with Crippen LogP contribution < -0.4 is 5.73 Å². The number of carbonyl (C=O) groups excluding carboxylic acids is 1. The molecular formula is C15H15BrF3N5O. The van der Waals surface area contributed by atoms with Gasteiger partial charge in [-0.05, 0) is 31.0 Å². The molecule has 0 spiro atoms. The summed E-state index contributed by atoms with van der Waals surface area (Å²) < 4.78 is 38.9. The first-order chi connectivity index (χ1) is 11.8. The van der Waals surface area contributed by atoms with E-state index in [4.69, 9.17) is 5.73 Å². The molecular weight excluding hydrogens is 403 g/mol. The molecule has 0 bridgehead atoms. The van der Waals surface area contributed by atoms with Gasteiger partial charge in [0.1, 0.15) is 5.82 Å². The second-order valence-corrected chi connectivity index (χ2v) is 6.69. The van der Waals surface area contributed by atoms with Gasteiger partial charge in [0, 0.05) is 29.0 Å². The third kappa shape index (κ3) is 3.78. The van der Waals surface area contributed by atoms with Crippen LogP contribution in [0.1, 0.15) is 40.5 Å². The summed E-state index contributed by atoms with van der Waals surface area (Å²) in [5, 5.41) is 6.55. The van der Waals surface area contributed by atoms with E-state index in [9.17, 15) is 18.0 Å². The molecule has 6 nitrogen and oxygen atoms in total. The number of carbonyl (C=O) groups is 1. The summed E-state index contributed by atoms with van der Waals surface area (Å²) in [5.41, 5.74) is 4.65. The topological polar surface area (TPSA) is 87.9 Å². The molecule has 3 rings (SSSR count). The van der Waals surface area contributed by atoms with E-state index in [0.717, 1.165) is 6.07 Å². The van der Waals surface area contributed by atoms with Gasteiger partial charge in [-0.25, -0.2) is 0 Å². The lowest BCUT2D eigenvalue weighted by Crippen LogP contribution is -2.38. The molecule has 1 fully saturated rings. The maximum Gasteiger partial charge on any atom is 0.417 e. The molecule has 2 heterocycles. The van der Waals surface area contributed by atoms with Crippen LogP contribution in [-0.4, -0.2) is 39.1 Å². The Morgan fingerprint density at radius 3 is 2.56 bits per heavy atom. The molecule has 3 N–H and O–H groups in total. The number of likely N-dealkylation sites (tertiary alicyclic amines) is 1. The van der Waals surface area contributed by atoms with Crippen molar-refractivity contribution in [3.63, 3.8) is 0 Å². The number of benzene rings is 1. The van der Waals surface area contributed by atoms with Crippen molar-refractivity contribution >= 4 is 27.8 Å². The van der Waals surface area contributed by atoms with Gasteiger partial charge in [0.15, 0.2) is 0 Å². The summed E-state index contributed by atoms with van der Waals surface area (Å²) in [5.74, 6) is 0.536. The van der Waals surface area contributed by atoms with E-state index in [2.05, 4.69) is 31.1 Å². The number of nitrogens with two attached hydrogens (primary N) is 1. The van der Waals surface area contributed by atoms with Crippen LogP contribution in [0.2, 0.25) is 0 Å². The largest absolute Gasteiger partial charge is 0.417 e. The molecule has 0 saturated carbocycles. The van der Waals surface area contributed by atoms with Crippen molar-refractivity contribution in [3.8, 4) is 0 Å². The Balaban J connectivity index is 1.71. The average molecular weight is 418 g/mol. The zero-order chi connectivity index (χ0) is 18.2. The number of hydrogen-bond acceptors (Lipinski definition) is 4. The number of piperidine rings is 1. The quantitative estimate of drug-likeness (QED) is 0.785. The lowest BCUT2D eigenvalue weighted by molar-refractivity contribution is -0.138. The van der Waals surface area contributed by atoms with Gasteiger partial charge in [-0.2, -0.15) is 18.2 Å². The van der Waals surface area contributed by atoms with Gasteiger partial charge >= 0.3 is 6.18 Å². The highest BCUT2D eigenvalue weighted by Crippen LogP contribution is 2.36. The standard InChI is InChI=1S/C15H15BrF3N5O/c16-11-2-1-9(7-10(11)15(17,18)19)13(25)24-5-3-8(4-6-24)12-21-14(20)23-22-12/h1-2,7-8H,3-6H2,(H3,20,21,22,23). The summed E-state index contributed by atoms with van der Waals surface area (Å²) in [4.78, 5) is 18.2. The predicted octanol–water partition coefficient (Wildman–Crippen LogP) is 3.19. The SMILES string of the molecule is Nc1n[nH]c(C2CCN(C(=O)c3ccc(Br)c(C(F)(F)F)c3)CC2)n1. The summed E-state index contributed by atoms with van der Waals surface area (Å²) in [6.45, 7) is 0.864. The van der Waals surface area contributed by atoms with Crippen molar-refractivity contribution in [2.75, 3.05) is 18.8 Å². The third-order valence-electron chi connectivity index (χ3n) is 4.21. The Morgan fingerprint density at radius 2 is 2.00 bits per heavy atom. The zero-order valence-corrected chi connectivity index (χ0v) is 14.6. The van der Waals surface area contributed by atoms with Crippen LogP contribution in [0.25, 0.3) is 0 Å². The van der Waals surface area contributed by atoms with Crippen LogP contribution in [0.4, 0.5) is 19.1 Å². The van der Waals surface area contributed by atoms with Crippen LogP contribution in [0, 0.1) is 0 Å². The van der Waals surface area contributed by atoms with E-state index in [1.165, 1.54) is 12.1 Å². The van der Waals surface area contributed by atoms with Crippen molar-refractivity contribution in [2.45, 2.75) is 24.9 Å². The van der Waals surface area contributed by atoms with E-state index in [0.29, 0.717) is 31.8 Å². The van der Waals surface area contributed by atoms with Gasteiger partial charge in [0.2, 0.25) is 5.95 Å². The third-order valence-corrected chi connectivity index (χ3v) is 4.90. The molecule has 1 amide bonds. The Morgan fingerprint density at radius 1 is 1.32 bits per heavy atom. The number of anilines is 1. The second-order valence-electron chi connectivity index (χ2n) is 5.84. The van der Waals surface area contributed by atoms with Crippen LogP contribution in [0.5, 0.6) is 0 Å². The first kappa shape index (κ1) is 17.7. The highest BCUT2D eigenvalue weighted by molar-refractivity contribution is 9.10. The van der Waals surface area contributed by atoms with E-state index >= 15 is 0 Å².